The highest BCUT2D eigenvalue weighted by atomic mass is 19.1. The summed E-state index contributed by atoms with van der Waals surface area (Å²) >= 11 is 0. The van der Waals surface area contributed by atoms with E-state index in [1.165, 1.54) is 24.3 Å². The predicted octanol–water partition coefficient (Wildman–Crippen LogP) is 4.68. The maximum Gasteiger partial charge on any atom is 0.132 e. The Morgan fingerprint density at radius 2 is 1.40 bits per heavy atom. The summed E-state index contributed by atoms with van der Waals surface area (Å²) in [4.78, 5) is 1.81. The first-order valence-electron chi connectivity index (χ1n) is 9.88. The van der Waals surface area contributed by atoms with Crippen molar-refractivity contribution in [1.82, 2.24) is 0 Å². The predicted molar refractivity (Wildman–Crippen MR) is 110 cm³/mol. The lowest BCUT2D eigenvalue weighted by atomic mass is 9.77. The molecule has 156 valence electrons. The molecule has 6 heteroatoms. The monoisotopic (exact) mass is 411 g/mol. The quantitative estimate of drug-likeness (QED) is 0.551. The summed E-state index contributed by atoms with van der Waals surface area (Å²) < 4.78 is 26.5. The van der Waals surface area contributed by atoms with E-state index in [9.17, 15) is 24.1 Å². The Morgan fingerprint density at radius 3 is 2.00 bits per heavy atom. The van der Waals surface area contributed by atoms with Gasteiger partial charge in [-0.25, -0.2) is 8.78 Å². The summed E-state index contributed by atoms with van der Waals surface area (Å²) in [5.41, 5.74) is 2.22. The minimum atomic E-state index is -0.797. The maximum absolute atomic E-state index is 13.3. The lowest BCUT2D eigenvalue weighted by molar-refractivity contribution is -0.00681. The van der Waals surface area contributed by atoms with Crippen LogP contribution in [0.3, 0.4) is 0 Å². The fourth-order valence-corrected chi connectivity index (χ4v) is 4.15. The molecule has 3 aromatic carbocycles. The molecule has 1 unspecified atom stereocenters. The molecule has 3 N–H and O–H groups in total. The first-order chi connectivity index (χ1) is 14.4. The van der Waals surface area contributed by atoms with Gasteiger partial charge in [0.15, 0.2) is 0 Å². The number of phenols is 1. The van der Waals surface area contributed by atoms with Crippen molar-refractivity contribution in [2.24, 2.45) is 5.92 Å². The number of anilines is 1. The average Bonchev–Trinajstić information content (AvgIpc) is 2.74. The summed E-state index contributed by atoms with van der Waals surface area (Å²) in [5, 5.41) is 30.9. The van der Waals surface area contributed by atoms with E-state index in [1.54, 1.807) is 53.4 Å². The van der Waals surface area contributed by atoms with Crippen LogP contribution in [0, 0.1) is 17.6 Å². The lowest BCUT2D eigenvalue weighted by Gasteiger charge is -2.54. The average molecular weight is 411 g/mol. The van der Waals surface area contributed by atoms with Gasteiger partial charge in [0.25, 0.3) is 0 Å². The Bertz CT molecular complexity index is 977. The SMILES string of the molecule is Oc1ccc([C@@H]2[C@@H](CC[C@H](O)c3ccc(F)cc3)C(O)N2c2ccc(F)cc2)cc1. The number of aliphatic hydroxyl groups is 2. The molecule has 4 nitrogen and oxygen atoms in total. The Morgan fingerprint density at radius 1 is 0.833 bits per heavy atom. The van der Waals surface area contributed by atoms with Gasteiger partial charge in [-0.05, 0) is 72.5 Å². The second kappa shape index (κ2) is 8.42. The molecule has 1 aliphatic rings. The third-order valence-electron chi connectivity index (χ3n) is 5.76. The number of hydrogen-bond donors (Lipinski definition) is 3. The second-order valence-electron chi connectivity index (χ2n) is 7.64. The normalized spacial score (nSPS) is 21.9. The first-order valence-corrected chi connectivity index (χ1v) is 9.88. The molecular formula is C24H23F2NO3. The molecule has 3 aromatic rings. The minimum Gasteiger partial charge on any atom is -0.508 e. The van der Waals surface area contributed by atoms with Crippen LogP contribution >= 0.6 is 0 Å². The summed E-state index contributed by atoms with van der Waals surface area (Å²) in [6, 6.07) is 18.3. The molecule has 1 aliphatic heterocycles. The van der Waals surface area contributed by atoms with Gasteiger partial charge < -0.3 is 20.2 Å². The standard InChI is InChI=1S/C24H23F2NO3/c25-17-5-1-15(2-6-17)22(29)14-13-21-23(16-3-11-20(28)12-4-16)27(24(21)30)19-9-7-18(26)8-10-19/h1-12,21-24,28-30H,13-14H2/t21-,22+,23-,24?/m1/s1. The molecular weight excluding hydrogens is 388 g/mol. The van der Waals surface area contributed by atoms with E-state index in [0.29, 0.717) is 24.1 Å². The number of hydrogen-bond acceptors (Lipinski definition) is 4. The van der Waals surface area contributed by atoms with Crippen LogP contribution in [-0.4, -0.2) is 21.5 Å². The number of halogens is 2. The van der Waals surface area contributed by atoms with Gasteiger partial charge in [0, 0.05) is 11.6 Å². The molecule has 0 aromatic heterocycles. The van der Waals surface area contributed by atoms with E-state index < -0.39 is 12.3 Å². The van der Waals surface area contributed by atoms with Crippen LogP contribution in [0.2, 0.25) is 0 Å². The fourth-order valence-electron chi connectivity index (χ4n) is 4.15. The Kier molecular flexibility index (Phi) is 5.70. The topological polar surface area (TPSA) is 63.9 Å². The molecule has 1 heterocycles. The van der Waals surface area contributed by atoms with Gasteiger partial charge >= 0.3 is 0 Å². The Balaban J connectivity index is 1.54. The summed E-state index contributed by atoms with van der Waals surface area (Å²) in [7, 11) is 0. The van der Waals surface area contributed by atoms with Gasteiger partial charge in [-0.1, -0.05) is 24.3 Å². The van der Waals surface area contributed by atoms with Gasteiger partial charge in [0.2, 0.25) is 0 Å². The highest BCUT2D eigenvalue weighted by Gasteiger charge is 2.48. The maximum atomic E-state index is 13.3. The fraction of sp³-hybridized carbons (Fsp3) is 0.250. The van der Waals surface area contributed by atoms with E-state index in [0.717, 1.165) is 5.56 Å². The zero-order valence-corrected chi connectivity index (χ0v) is 16.2. The summed E-state index contributed by atoms with van der Waals surface area (Å²) in [5.74, 6) is -0.735. The summed E-state index contributed by atoms with van der Waals surface area (Å²) in [6.45, 7) is 0. The van der Waals surface area contributed by atoms with Crippen LogP contribution in [0.5, 0.6) is 5.75 Å². The van der Waals surface area contributed by atoms with Gasteiger partial charge in [0.05, 0.1) is 12.1 Å². The van der Waals surface area contributed by atoms with Crippen LogP contribution in [-0.2, 0) is 0 Å². The third kappa shape index (κ3) is 4.01. The second-order valence-corrected chi connectivity index (χ2v) is 7.64. The van der Waals surface area contributed by atoms with E-state index in [-0.39, 0.29) is 29.3 Å². The highest BCUT2D eigenvalue weighted by molar-refractivity contribution is 5.54. The highest BCUT2D eigenvalue weighted by Crippen LogP contribution is 2.49. The molecule has 4 atom stereocenters. The number of benzene rings is 3. The molecule has 1 fully saturated rings. The van der Waals surface area contributed by atoms with Crippen molar-refractivity contribution in [3.05, 3.63) is 95.6 Å². The van der Waals surface area contributed by atoms with Crippen molar-refractivity contribution in [3.8, 4) is 5.75 Å². The number of aromatic hydroxyl groups is 1. The van der Waals surface area contributed by atoms with Gasteiger partial charge in [-0.2, -0.15) is 0 Å². The molecule has 30 heavy (non-hydrogen) atoms. The third-order valence-corrected chi connectivity index (χ3v) is 5.76. The Labute approximate surface area is 173 Å². The van der Waals surface area contributed by atoms with Crippen LogP contribution < -0.4 is 4.90 Å². The molecule has 0 amide bonds. The van der Waals surface area contributed by atoms with Gasteiger partial charge in [-0.15, -0.1) is 0 Å². The van der Waals surface area contributed by atoms with Crippen molar-refractivity contribution >= 4 is 5.69 Å². The minimum absolute atomic E-state index is 0.148. The van der Waals surface area contributed by atoms with E-state index >= 15 is 0 Å². The van der Waals surface area contributed by atoms with Crippen LogP contribution in [0.4, 0.5) is 14.5 Å². The number of aliphatic hydroxyl groups excluding tert-OH is 2. The molecule has 0 spiro atoms. The lowest BCUT2D eigenvalue weighted by Crippen LogP contribution is -2.58. The van der Waals surface area contributed by atoms with Crippen molar-refractivity contribution in [2.75, 3.05) is 4.90 Å². The molecule has 0 saturated carbocycles. The van der Waals surface area contributed by atoms with Crippen molar-refractivity contribution in [1.29, 1.82) is 0 Å². The van der Waals surface area contributed by atoms with Crippen molar-refractivity contribution < 1.29 is 24.1 Å². The zero-order chi connectivity index (χ0) is 21.3. The molecule has 0 bridgehead atoms. The number of nitrogens with zero attached hydrogens (tertiary/aromatic N) is 1. The smallest absolute Gasteiger partial charge is 0.132 e. The van der Waals surface area contributed by atoms with Crippen LogP contribution in [0.25, 0.3) is 0 Å². The van der Waals surface area contributed by atoms with E-state index in [1.807, 2.05) is 0 Å². The van der Waals surface area contributed by atoms with E-state index in [2.05, 4.69) is 0 Å². The van der Waals surface area contributed by atoms with Crippen LogP contribution in [0.1, 0.15) is 36.1 Å². The van der Waals surface area contributed by atoms with Crippen LogP contribution in [0.15, 0.2) is 72.8 Å². The molecule has 0 radical (unpaired) electrons. The van der Waals surface area contributed by atoms with Gasteiger partial charge in [-0.3, -0.25) is 0 Å². The molecule has 0 aliphatic carbocycles. The summed E-state index contributed by atoms with van der Waals surface area (Å²) in [6.07, 6.45) is -0.630. The largest absolute Gasteiger partial charge is 0.508 e. The number of phenolic OH excluding ortho intramolecular Hbond substituents is 1. The number of rotatable bonds is 6. The molecule has 1 saturated heterocycles. The van der Waals surface area contributed by atoms with Crippen molar-refractivity contribution in [2.45, 2.75) is 31.2 Å². The Hall–Kier alpha value is -2.96. The van der Waals surface area contributed by atoms with Gasteiger partial charge in [0.1, 0.15) is 23.6 Å². The van der Waals surface area contributed by atoms with Crippen molar-refractivity contribution in [3.63, 3.8) is 0 Å². The molecule has 4 rings (SSSR count). The zero-order valence-electron chi connectivity index (χ0n) is 16.2. The van der Waals surface area contributed by atoms with E-state index in [4.69, 9.17) is 0 Å². The first kappa shape index (κ1) is 20.3.